The number of nitrogens with zero attached hydrogens (tertiary/aromatic N) is 4. The Balaban J connectivity index is 1.48. The van der Waals surface area contributed by atoms with E-state index in [4.69, 9.17) is 4.52 Å². The van der Waals surface area contributed by atoms with E-state index < -0.39 is 15.9 Å². The lowest BCUT2D eigenvalue weighted by Crippen LogP contribution is -2.43. The van der Waals surface area contributed by atoms with E-state index in [1.165, 1.54) is 4.31 Å². The van der Waals surface area contributed by atoms with Crippen LogP contribution in [0.4, 0.5) is 5.82 Å². The molecule has 1 amide bonds. The number of nitrogens with one attached hydrogen (secondary N) is 1. The smallest absolute Gasteiger partial charge is 0.252 e. The quantitative estimate of drug-likeness (QED) is 0.639. The molecule has 3 aromatic rings. The summed E-state index contributed by atoms with van der Waals surface area (Å²) < 4.78 is 32.8. The van der Waals surface area contributed by atoms with Crippen molar-refractivity contribution < 1.29 is 17.7 Å². The molecule has 0 aromatic carbocycles. The number of hydrogen-bond acceptors (Lipinski definition) is 8. The highest BCUT2D eigenvalue weighted by molar-refractivity contribution is 7.91. The first-order valence-electron chi connectivity index (χ1n) is 9.47. The largest absolute Gasteiger partial charge is 0.339 e. The summed E-state index contributed by atoms with van der Waals surface area (Å²) in [6.45, 7) is 4.03. The SMILES string of the molecule is Cc1cccc(NC(=O)[C@@H]2CCCN(S(=O)(=O)c3cc(-c4noc(C)n4)cs3)C2)n1. The van der Waals surface area contributed by atoms with Gasteiger partial charge in [-0.15, -0.1) is 11.3 Å². The van der Waals surface area contributed by atoms with Crippen molar-refractivity contribution >= 4 is 33.1 Å². The maximum atomic E-state index is 13.1. The molecule has 9 nitrogen and oxygen atoms in total. The zero-order valence-corrected chi connectivity index (χ0v) is 18.2. The van der Waals surface area contributed by atoms with Gasteiger partial charge in [-0.2, -0.15) is 9.29 Å². The van der Waals surface area contributed by atoms with Crippen molar-refractivity contribution in [2.75, 3.05) is 18.4 Å². The van der Waals surface area contributed by atoms with E-state index in [0.29, 0.717) is 42.5 Å². The minimum absolute atomic E-state index is 0.133. The standard InChI is InChI=1S/C19H21N5O4S2/c1-12-5-3-7-16(20-12)22-19(25)14-6-4-8-24(10-14)30(26,27)17-9-15(11-29-17)18-21-13(2)28-23-18/h3,5,7,9,11,14H,4,6,8,10H2,1-2H3,(H,20,22,25)/t14-/m1/s1. The average molecular weight is 448 g/mol. The number of aryl methyl sites for hydroxylation is 2. The minimum Gasteiger partial charge on any atom is -0.339 e. The first-order chi connectivity index (χ1) is 14.3. The molecule has 1 saturated heterocycles. The summed E-state index contributed by atoms with van der Waals surface area (Å²) >= 11 is 1.11. The lowest BCUT2D eigenvalue weighted by atomic mass is 9.99. The van der Waals surface area contributed by atoms with Crippen LogP contribution in [0.3, 0.4) is 0 Å². The van der Waals surface area contributed by atoms with Crippen molar-refractivity contribution in [2.24, 2.45) is 5.92 Å². The fraction of sp³-hybridized carbons (Fsp3) is 0.368. The van der Waals surface area contributed by atoms with Gasteiger partial charge in [-0.3, -0.25) is 4.79 Å². The van der Waals surface area contributed by atoms with Crippen molar-refractivity contribution in [1.82, 2.24) is 19.4 Å². The minimum atomic E-state index is -3.72. The molecule has 11 heteroatoms. The number of carbonyl (C=O) groups is 1. The Morgan fingerprint density at radius 2 is 2.13 bits per heavy atom. The summed E-state index contributed by atoms with van der Waals surface area (Å²) in [4.78, 5) is 21.1. The Morgan fingerprint density at radius 1 is 1.30 bits per heavy atom. The third kappa shape index (κ3) is 4.27. The number of pyridine rings is 1. The molecular weight excluding hydrogens is 426 g/mol. The Bertz CT molecular complexity index is 1170. The molecule has 1 aliphatic rings. The second-order valence-corrected chi connectivity index (χ2v) is 10.2. The maximum absolute atomic E-state index is 13.1. The molecule has 0 bridgehead atoms. The molecule has 0 unspecified atom stereocenters. The summed E-state index contributed by atoms with van der Waals surface area (Å²) in [5.74, 6) is 0.580. The van der Waals surface area contributed by atoms with E-state index in [0.717, 1.165) is 17.0 Å². The van der Waals surface area contributed by atoms with Crippen molar-refractivity contribution in [3.8, 4) is 11.4 Å². The fourth-order valence-corrected chi connectivity index (χ4v) is 6.16. The predicted octanol–water partition coefficient (Wildman–Crippen LogP) is 2.85. The molecule has 4 heterocycles. The van der Waals surface area contributed by atoms with E-state index in [9.17, 15) is 13.2 Å². The number of amides is 1. The molecule has 1 aliphatic heterocycles. The molecule has 158 valence electrons. The highest BCUT2D eigenvalue weighted by Gasteiger charge is 2.34. The van der Waals surface area contributed by atoms with Crippen molar-refractivity contribution in [2.45, 2.75) is 30.9 Å². The number of piperidine rings is 1. The Morgan fingerprint density at radius 3 is 2.87 bits per heavy atom. The van der Waals surface area contributed by atoms with Crippen LogP contribution < -0.4 is 5.32 Å². The number of anilines is 1. The van der Waals surface area contributed by atoms with Crippen molar-refractivity contribution in [3.63, 3.8) is 0 Å². The molecule has 1 N–H and O–H groups in total. The third-order valence-electron chi connectivity index (χ3n) is 4.85. The van der Waals surface area contributed by atoms with E-state index >= 15 is 0 Å². The van der Waals surface area contributed by atoms with E-state index in [1.54, 1.807) is 24.4 Å². The van der Waals surface area contributed by atoms with Crippen molar-refractivity contribution in [3.05, 3.63) is 41.2 Å². The van der Waals surface area contributed by atoms with Crippen LogP contribution in [0.2, 0.25) is 0 Å². The third-order valence-corrected chi connectivity index (χ3v) is 8.13. The zero-order valence-electron chi connectivity index (χ0n) is 16.5. The predicted molar refractivity (Wildman–Crippen MR) is 111 cm³/mol. The van der Waals surface area contributed by atoms with Crippen LogP contribution in [-0.4, -0.2) is 46.8 Å². The molecule has 1 atom stereocenters. The van der Waals surface area contributed by atoms with Crippen LogP contribution in [0.25, 0.3) is 11.4 Å². The Labute approximate surface area is 178 Å². The first-order valence-corrected chi connectivity index (χ1v) is 11.8. The van der Waals surface area contributed by atoms with Gasteiger partial charge in [0.1, 0.15) is 10.0 Å². The lowest BCUT2D eigenvalue weighted by molar-refractivity contribution is -0.120. The first kappa shape index (κ1) is 20.6. The molecule has 0 saturated carbocycles. The summed E-state index contributed by atoms with van der Waals surface area (Å²) in [6.07, 6.45) is 1.24. The maximum Gasteiger partial charge on any atom is 0.252 e. The fourth-order valence-electron chi connectivity index (χ4n) is 3.33. The van der Waals surface area contributed by atoms with Gasteiger partial charge in [-0.25, -0.2) is 13.4 Å². The molecule has 3 aromatic heterocycles. The van der Waals surface area contributed by atoms with Crippen LogP contribution in [0.15, 0.2) is 38.4 Å². The number of carbonyl (C=O) groups excluding carboxylic acids is 1. The summed E-state index contributed by atoms with van der Waals surface area (Å²) in [5, 5.41) is 8.31. The van der Waals surface area contributed by atoms with Gasteiger partial charge < -0.3 is 9.84 Å². The zero-order chi connectivity index (χ0) is 21.3. The Hall–Kier alpha value is -2.63. The van der Waals surface area contributed by atoms with E-state index in [1.807, 2.05) is 19.1 Å². The highest BCUT2D eigenvalue weighted by atomic mass is 32.2. The molecule has 0 radical (unpaired) electrons. The molecule has 4 rings (SSSR count). The van der Waals surface area contributed by atoms with Crippen LogP contribution in [-0.2, 0) is 14.8 Å². The number of hydrogen-bond donors (Lipinski definition) is 1. The average Bonchev–Trinajstić information content (AvgIpc) is 3.37. The molecule has 1 fully saturated rings. The van der Waals surface area contributed by atoms with Crippen molar-refractivity contribution in [1.29, 1.82) is 0 Å². The van der Waals surface area contributed by atoms with Crippen LogP contribution in [0.1, 0.15) is 24.4 Å². The monoisotopic (exact) mass is 447 g/mol. The van der Waals surface area contributed by atoms with Gasteiger partial charge in [0.15, 0.2) is 0 Å². The molecule has 0 spiro atoms. The van der Waals surface area contributed by atoms with E-state index in [-0.39, 0.29) is 16.7 Å². The van der Waals surface area contributed by atoms with Gasteiger partial charge in [0.05, 0.1) is 5.92 Å². The van der Waals surface area contributed by atoms with Gasteiger partial charge in [-0.1, -0.05) is 11.2 Å². The summed E-state index contributed by atoms with van der Waals surface area (Å²) in [6, 6.07) is 6.92. The van der Waals surface area contributed by atoms with Crippen LogP contribution >= 0.6 is 11.3 Å². The van der Waals surface area contributed by atoms with Gasteiger partial charge in [0, 0.05) is 36.7 Å². The van der Waals surface area contributed by atoms with Crippen LogP contribution in [0.5, 0.6) is 0 Å². The van der Waals surface area contributed by atoms with Gasteiger partial charge in [0.2, 0.25) is 17.6 Å². The molecular formula is C19H21N5O4S2. The van der Waals surface area contributed by atoms with Gasteiger partial charge in [0.25, 0.3) is 10.0 Å². The Kier molecular flexibility index (Phi) is 5.67. The second-order valence-electron chi connectivity index (χ2n) is 7.15. The van der Waals surface area contributed by atoms with E-state index in [2.05, 4.69) is 20.4 Å². The summed E-state index contributed by atoms with van der Waals surface area (Å²) in [5.41, 5.74) is 1.39. The second kappa shape index (κ2) is 8.25. The van der Waals surface area contributed by atoms with Crippen LogP contribution in [0, 0.1) is 19.8 Å². The number of sulfonamides is 1. The highest BCUT2D eigenvalue weighted by Crippen LogP contribution is 2.31. The summed E-state index contributed by atoms with van der Waals surface area (Å²) in [7, 11) is -3.72. The number of aromatic nitrogens is 3. The van der Waals surface area contributed by atoms with Gasteiger partial charge >= 0.3 is 0 Å². The number of rotatable bonds is 5. The molecule has 30 heavy (non-hydrogen) atoms. The number of thiophene rings is 1. The molecule has 0 aliphatic carbocycles. The lowest BCUT2D eigenvalue weighted by Gasteiger charge is -2.30. The van der Waals surface area contributed by atoms with Gasteiger partial charge in [-0.05, 0) is 38.0 Å². The topological polar surface area (TPSA) is 118 Å². The normalized spacial score (nSPS) is 17.7.